The topological polar surface area (TPSA) is 132 Å². The minimum absolute atomic E-state index is 0.108. The van der Waals surface area contributed by atoms with E-state index in [1.807, 2.05) is 0 Å². The molecule has 0 aliphatic heterocycles. The van der Waals surface area contributed by atoms with Gasteiger partial charge in [-0.2, -0.15) is 4.52 Å². The van der Waals surface area contributed by atoms with Crippen molar-refractivity contribution in [2.45, 2.75) is 43.8 Å². The Hall–Kier alpha value is -3.37. The number of aromatic nitrogens is 5. The third-order valence-corrected chi connectivity index (χ3v) is 6.03. The van der Waals surface area contributed by atoms with Gasteiger partial charge in [-0.3, -0.25) is 4.98 Å². The lowest BCUT2D eigenvalue weighted by Crippen LogP contribution is -2.40. The fourth-order valence-corrected chi connectivity index (χ4v) is 4.22. The maximum atomic E-state index is 14.1. The van der Waals surface area contributed by atoms with Crippen LogP contribution in [0.4, 0.5) is 10.3 Å². The highest BCUT2D eigenvalue weighted by molar-refractivity contribution is 5.95. The third kappa shape index (κ3) is 3.14. The highest BCUT2D eigenvalue weighted by Gasteiger charge is 2.46. The van der Waals surface area contributed by atoms with E-state index in [1.54, 1.807) is 32.2 Å². The number of rotatable bonds is 4. The van der Waals surface area contributed by atoms with Crippen LogP contribution in [0.1, 0.15) is 49.7 Å². The normalized spacial score (nSPS) is 21.1. The van der Waals surface area contributed by atoms with Crippen molar-refractivity contribution in [2.24, 2.45) is 0 Å². The summed E-state index contributed by atoms with van der Waals surface area (Å²) in [5, 5.41) is 26.0. The maximum absolute atomic E-state index is 14.1. The first-order valence-electron chi connectivity index (χ1n) is 10.2. The van der Waals surface area contributed by atoms with Crippen molar-refractivity contribution in [1.29, 1.82) is 0 Å². The predicted molar refractivity (Wildman–Crippen MR) is 115 cm³/mol. The molecule has 4 N–H and O–H groups in total. The summed E-state index contributed by atoms with van der Waals surface area (Å²) < 4.78 is 20.7. The number of benzene rings is 1. The fraction of sp³-hybridized carbons (Fsp3) is 0.364. The van der Waals surface area contributed by atoms with Gasteiger partial charge in [0.15, 0.2) is 11.5 Å². The monoisotopic (exact) mass is 438 g/mol. The van der Waals surface area contributed by atoms with Crippen molar-refractivity contribution < 1.29 is 19.3 Å². The zero-order valence-electron chi connectivity index (χ0n) is 17.9. The molecule has 1 fully saturated rings. The Morgan fingerprint density at radius 2 is 2.00 bits per heavy atom. The number of halogens is 1. The lowest BCUT2D eigenvalue weighted by Gasteiger charge is -2.42. The molecule has 0 amide bonds. The van der Waals surface area contributed by atoms with Crippen LogP contribution in [0.15, 0.2) is 30.5 Å². The number of nitrogens with two attached hydrogens (primary N) is 1. The van der Waals surface area contributed by atoms with Gasteiger partial charge in [0.25, 0.3) is 0 Å². The lowest BCUT2D eigenvalue weighted by atomic mass is 9.67. The van der Waals surface area contributed by atoms with Crippen LogP contribution in [0.2, 0.25) is 0 Å². The number of methoxy groups -OCH3 is 1. The van der Waals surface area contributed by atoms with Gasteiger partial charge >= 0.3 is 0 Å². The first kappa shape index (κ1) is 20.5. The van der Waals surface area contributed by atoms with Crippen LogP contribution in [0.5, 0.6) is 5.75 Å². The summed E-state index contributed by atoms with van der Waals surface area (Å²) in [4.78, 5) is 13.2. The van der Waals surface area contributed by atoms with Gasteiger partial charge < -0.3 is 20.7 Å². The Morgan fingerprint density at radius 1 is 1.25 bits per heavy atom. The number of hydrogen-bond acceptors (Lipinski definition) is 8. The van der Waals surface area contributed by atoms with E-state index in [1.165, 1.54) is 23.8 Å². The van der Waals surface area contributed by atoms with Crippen molar-refractivity contribution in [3.8, 4) is 5.75 Å². The minimum Gasteiger partial charge on any atom is -0.494 e. The molecular weight excluding hydrogens is 415 g/mol. The van der Waals surface area contributed by atoms with Crippen molar-refractivity contribution in [3.05, 3.63) is 53.4 Å². The average Bonchev–Trinajstić information content (AvgIpc) is 3.17. The van der Waals surface area contributed by atoms with Gasteiger partial charge in [-0.1, -0.05) is 6.07 Å². The van der Waals surface area contributed by atoms with Crippen LogP contribution in [0, 0.1) is 5.82 Å². The maximum Gasteiger partial charge on any atom is 0.223 e. The molecule has 32 heavy (non-hydrogen) atoms. The van der Waals surface area contributed by atoms with Gasteiger partial charge in [-0.15, -0.1) is 5.10 Å². The molecule has 1 aromatic carbocycles. The number of pyridine rings is 1. The van der Waals surface area contributed by atoms with Crippen molar-refractivity contribution >= 4 is 22.5 Å². The second kappa shape index (κ2) is 6.81. The van der Waals surface area contributed by atoms with Crippen LogP contribution < -0.4 is 10.5 Å². The molecule has 9 nitrogen and oxygen atoms in total. The van der Waals surface area contributed by atoms with Crippen LogP contribution >= 0.6 is 0 Å². The molecular formula is C22H23FN6O3. The molecule has 0 saturated heterocycles. The lowest BCUT2D eigenvalue weighted by molar-refractivity contribution is -0.0573. The van der Waals surface area contributed by atoms with Gasteiger partial charge in [-0.05, 0) is 38.8 Å². The summed E-state index contributed by atoms with van der Waals surface area (Å²) in [6, 6.07) is 6.05. The fourth-order valence-electron chi connectivity index (χ4n) is 4.22. The van der Waals surface area contributed by atoms with E-state index in [-0.39, 0.29) is 17.6 Å². The Labute approximate surface area is 182 Å². The molecule has 0 spiro atoms. The Kier molecular flexibility index (Phi) is 4.37. The smallest absolute Gasteiger partial charge is 0.223 e. The summed E-state index contributed by atoms with van der Waals surface area (Å²) in [7, 11) is 1.43. The third-order valence-electron chi connectivity index (χ3n) is 6.03. The molecule has 1 aliphatic rings. The average molecular weight is 438 g/mol. The molecule has 0 bridgehead atoms. The standard InChI is InChI=1S/C22H23FN6O3/c1-21(2,30)16-5-4-12(10-25-16)22(31)8-11(9-22)18-27-19-14-6-13(23)7-15(32-3)17(14)26-20(24)29(19)28-18/h4-7,10-11,30-31H,8-9H2,1-3H3,(H2,24,26). The number of hydrogen-bond donors (Lipinski definition) is 3. The largest absolute Gasteiger partial charge is 0.494 e. The summed E-state index contributed by atoms with van der Waals surface area (Å²) in [6.45, 7) is 3.31. The van der Waals surface area contributed by atoms with Crippen LogP contribution in [-0.4, -0.2) is 41.9 Å². The summed E-state index contributed by atoms with van der Waals surface area (Å²) in [5.74, 6) is 0.280. The zero-order chi connectivity index (χ0) is 22.8. The quantitative estimate of drug-likeness (QED) is 0.443. The highest BCUT2D eigenvalue weighted by Crippen LogP contribution is 2.50. The molecule has 0 unspecified atom stereocenters. The molecule has 10 heteroatoms. The van der Waals surface area contributed by atoms with Crippen molar-refractivity contribution in [2.75, 3.05) is 12.8 Å². The van der Waals surface area contributed by atoms with E-state index in [9.17, 15) is 14.6 Å². The highest BCUT2D eigenvalue weighted by atomic mass is 19.1. The molecule has 0 atom stereocenters. The van der Waals surface area contributed by atoms with Crippen molar-refractivity contribution in [3.63, 3.8) is 0 Å². The number of anilines is 1. The first-order chi connectivity index (χ1) is 15.1. The van der Waals surface area contributed by atoms with E-state index in [0.29, 0.717) is 46.5 Å². The number of nitrogens with zero attached hydrogens (tertiary/aromatic N) is 5. The molecule has 4 aromatic rings. The van der Waals surface area contributed by atoms with Gasteiger partial charge in [0.05, 0.1) is 23.8 Å². The molecule has 5 rings (SSSR count). The Morgan fingerprint density at radius 3 is 2.62 bits per heavy atom. The molecule has 1 aliphatic carbocycles. The summed E-state index contributed by atoms with van der Waals surface area (Å²) in [6.07, 6.45) is 2.39. The van der Waals surface area contributed by atoms with Crippen LogP contribution in [-0.2, 0) is 11.2 Å². The number of fused-ring (bicyclic) bond motifs is 3. The van der Waals surface area contributed by atoms with Crippen molar-refractivity contribution in [1.82, 2.24) is 24.6 Å². The molecule has 3 aromatic heterocycles. The predicted octanol–water partition coefficient (Wildman–Crippen LogP) is 2.40. The second-order valence-electron chi connectivity index (χ2n) is 8.81. The van der Waals surface area contributed by atoms with E-state index >= 15 is 0 Å². The summed E-state index contributed by atoms with van der Waals surface area (Å²) in [5.41, 5.74) is 5.94. The Bertz CT molecular complexity index is 1340. The number of aliphatic hydroxyl groups is 2. The zero-order valence-corrected chi connectivity index (χ0v) is 17.9. The van der Waals surface area contributed by atoms with Gasteiger partial charge in [0.1, 0.15) is 22.7 Å². The Balaban J connectivity index is 1.47. The summed E-state index contributed by atoms with van der Waals surface area (Å²) >= 11 is 0. The van der Waals surface area contributed by atoms with E-state index in [4.69, 9.17) is 10.5 Å². The molecule has 1 saturated carbocycles. The molecule has 166 valence electrons. The van der Waals surface area contributed by atoms with E-state index in [0.717, 1.165) is 0 Å². The molecule has 3 heterocycles. The number of nitrogen functional groups attached to an aromatic ring is 1. The number of ether oxygens (including phenoxy) is 1. The van der Waals surface area contributed by atoms with Gasteiger partial charge in [-0.25, -0.2) is 14.4 Å². The van der Waals surface area contributed by atoms with E-state index in [2.05, 4.69) is 20.1 Å². The SMILES string of the molecule is COc1cc(F)cc2c1nc(N)n1nc(C3CC(O)(c4ccc(C(C)(C)O)nc4)C3)nc21. The van der Waals surface area contributed by atoms with Gasteiger partial charge in [0, 0.05) is 23.7 Å². The van der Waals surface area contributed by atoms with E-state index < -0.39 is 17.0 Å². The first-order valence-corrected chi connectivity index (χ1v) is 10.2. The second-order valence-corrected chi connectivity index (χ2v) is 8.81. The van der Waals surface area contributed by atoms with Gasteiger partial charge in [0.2, 0.25) is 5.95 Å². The molecule has 0 radical (unpaired) electrons. The van der Waals surface area contributed by atoms with Crippen LogP contribution in [0.25, 0.3) is 16.6 Å². The van der Waals surface area contributed by atoms with Crippen LogP contribution in [0.3, 0.4) is 0 Å². The minimum atomic E-state index is -1.06.